The van der Waals surface area contributed by atoms with Crippen LogP contribution in [0.25, 0.3) is 0 Å². The highest BCUT2D eigenvalue weighted by Gasteiger charge is 2.35. The van der Waals surface area contributed by atoms with Crippen LogP contribution in [0.3, 0.4) is 0 Å². The Kier molecular flexibility index (Phi) is 4.82. The smallest absolute Gasteiger partial charge is 0.330 e. The van der Waals surface area contributed by atoms with E-state index in [9.17, 15) is 14.4 Å². The number of nitrogens with zero attached hydrogens (tertiary/aromatic N) is 2. The lowest BCUT2D eigenvalue weighted by atomic mass is 10.1. The first-order valence-corrected chi connectivity index (χ1v) is 5.76. The second kappa shape index (κ2) is 6.13. The number of nitrogens with one attached hydrogen (secondary N) is 1. The summed E-state index contributed by atoms with van der Waals surface area (Å²) in [5, 5.41) is 0.979. The van der Waals surface area contributed by atoms with Crippen LogP contribution in [0.1, 0.15) is 26.7 Å². The molecule has 0 aliphatic carbocycles. The molecule has 7 heteroatoms. The van der Waals surface area contributed by atoms with Crippen LogP contribution < -0.4 is 5.43 Å². The molecule has 0 aromatic rings. The molecule has 7 nitrogen and oxygen atoms in total. The zero-order valence-corrected chi connectivity index (χ0v) is 10.5. The van der Waals surface area contributed by atoms with Gasteiger partial charge in [-0.3, -0.25) is 20.0 Å². The maximum atomic E-state index is 12.0. The summed E-state index contributed by atoms with van der Waals surface area (Å²) < 4.78 is 4.82. The summed E-state index contributed by atoms with van der Waals surface area (Å²) in [6.45, 7) is 6.69. The predicted molar refractivity (Wildman–Crippen MR) is 63.7 cm³/mol. The molecule has 0 spiro atoms. The summed E-state index contributed by atoms with van der Waals surface area (Å²) in [6.07, 6.45) is 0.460. The van der Waals surface area contributed by atoms with Gasteiger partial charge < -0.3 is 4.74 Å². The van der Waals surface area contributed by atoms with E-state index >= 15 is 0 Å². The van der Waals surface area contributed by atoms with Crippen molar-refractivity contribution in [1.82, 2.24) is 10.4 Å². The van der Waals surface area contributed by atoms with Crippen molar-refractivity contribution in [3.05, 3.63) is 0 Å². The molecule has 1 aliphatic rings. The van der Waals surface area contributed by atoms with Crippen molar-refractivity contribution in [2.24, 2.45) is 4.99 Å². The fourth-order valence-corrected chi connectivity index (χ4v) is 1.62. The normalized spacial score (nSPS) is 21.9. The average Bonchev–Trinajstić information content (AvgIpc) is 2.48. The highest BCUT2D eigenvalue weighted by Crippen LogP contribution is 2.13. The molecule has 2 amide bonds. The standard InChI is InChI=1S/C11H17N3O4/c1-4-18-11(17)7(2)14-10(16)8(12-3)5-6-9(15)13-14/h7-8H,3-6H2,1-2H3,(H,13,15)/t7?,8-/m0/s1. The average molecular weight is 255 g/mol. The van der Waals surface area contributed by atoms with Gasteiger partial charge in [0.1, 0.15) is 12.1 Å². The minimum absolute atomic E-state index is 0.168. The van der Waals surface area contributed by atoms with Gasteiger partial charge in [0, 0.05) is 6.42 Å². The van der Waals surface area contributed by atoms with Crippen LogP contribution in [-0.4, -0.2) is 48.2 Å². The Hall–Kier alpha value is -1.92. The van der Waals surface area contributed by atoms with Gasteiger partial charge in [0.05, 0.1) is 6.61 Å². The van der Waals surface area contributed by atoms with Gasteiger partial charge in [0.25, 0.3) is 5.91 Å². The van der Waals surface area contributed by atoms with E-state index in [0.29, 0.717) is 6.42 Å². The Bertz CT molecular complexity index is 369. The Labute approximate surface area is 105 Å². The van der Waals surface area contributed by atoms with Crippen LogP contribution in [0, 0.1) is 0 Å². The molecule has 2 atom stereocenters. The van der Waals surface area contributed by atoms with Crippen molar-refractivity contribution in [1.29, 1.82) is 0 Å². The lowest BCUT2D eigenvalue weighted by molar-refractivity contribution is -0.158. The van der Waals surface area contributed by atoms with Crippen molar-refractivity contribution in [2.45, 2.75) is 38.8 Å². The minimum Gasteiger partial charge on any atom is -0.464 e. The van der Waals surface area contributed by atoms with Gasteiger partial charge in [-0.25, -0.2) is 9.80 Å². The number of carbonyl (C=O) groups excluding carboxylic acids is 3. The van der Waals surface area contributed by atoms with Crippen molar-refractivity contribution < 1.29 is 19.1 Å². The lowest BCUT2D eigenvalue weighted by Crippen LogP contribution is -2.54. The Morgan fingerprint density at radius 1 is 1.67 bits per heavy atom. The van der Waals surface area contributed by atoms with Crippen LogP contribution in [0.5, 0.6) is 0 Å². The summed E-state index contributed by atoms with van der Waals surface area (Å²) in [4.78, 5) is 38.8. The van der Waals surface area contributed by atoms with Crippen LogP contribution in [0.2, 0.25) is 0 Å². The van der Waals surface area contributed by atoms with Gasteiger partial charge in [0.15, 0.2) is 0 Å². The first-order valence-electron chi connectivity index (χ1n) is 5.76. The highest BCUT2D eigenvalue weighted by molar-refractivity contribution is 5.92. The molecule has 0 aromatic heterocycles. The molecule has 0 bridgehead atoms. The zero-order valence-electron chi connectivity index (χ0n) is 10.5. The van der Waals surface area contributed by atoms with Crippen LogP contribution in [0.4, 0.5) is 0 Å². The number of rotatable bonds is 4. The fourth-order valence-electron chi connectivity index (χ4n) is 1.62. The molecule has 1 fully saturated rings. The van der Waals surface area contributed by atoms with Crippen LogP contribution >= 0.6 is 0 Å². The lowest BCUT2D eigenvalue weighted by Gasteiger charge is -2.27. The summed E-state index contributed by atoms with van der Waals surface area (Å²) in [6, 6.07) is -1.59. The molecule has 1 saturated heterocycles. The van der Waals surface area contributed by atoms with E-state index in [-0.39, 0.29) is 18.9 Å². The quantitative estimate of drug-likeness (QED) is 0.550. The van der Waals surface area contributed by atoms with Gasteiger partial charge in [-0.2, -0.15) is 0 Å². The van der Waals surface area contributed by atoms with E-state index in [1.807, 2.05) is 0 Å². The van der Waals surface area contributed by atoms with Crippen molar-refractivity contribution in [2.75, 3.05) is 6.61 Å². The van der Waals surface area contributed by atoms with Gasteiger partial charge >= 0.3 is 5.97 Å². The molecule has 1 heterocycles. The maximum absolute atomic E-state index is 12.0. The number of hydrogen-bond acceptors (Lipinski definition) is 5. The zero-order chi connectivity index (χ0) is 13.7. The van der Waals surface area contributed by atoms with Crippen molar-refractivity contribution in [3.63, 3.8) is 0 Å². The molecular formula is C11H17N3O4. The third kappa shape index (κ3) is 3.06. The molecule has 0 radical (unpaired) electrons. The van der Waals surface area contributed by atoms with Gasteiger partial charge in [-0.05, 0) is 27.0 Å². The summed E-state index contributed by atoms with van der Waals surface area (Å²) in [5.74, 6) is -1.35. The second-order valence-corrected chi connectivity index (χ2v) is 3.91. The number of ether oxygens (including phenoxy) is 1. The number of carbonyl (C=O) groups is 3. The van der Waals surface area contributed by atoms with Gasteiger partial charge in [-0.15, -0.1) is 0 Å². The predicted octanol–water partition coefficient (Wildman–Crippen LogP) is -0.339. The number of hydrazine groups is 1. The monoisotopic (exact) mass is 255 g/mol. The highest BCUT2D eigenvalue weighted by atomic mass is 16.5. The van der Waals surface area contributed by atoms with E-state index in [0.717, 1.165) is 5.01 Å². The number of aliphatic imine (C=N–C) groups is 1. The molecule has 0 aromatic carbocycles. The fraction of sp³-hybridized carbons (Fsp3) is 0.636. The topological polar surface area (TPSA) is 88.1 Å². The molecule has 1 aliphatic heterocycles. The Balaban J connectivity index is 2.88. The first kappa shape index (κ1) is 14.1. The summed E-state index contributed by atoms with van der Waals surface area (Å²) >= 11 is 0. The molecule has 18 heavy (non-hydrogen) atoms. The molecule has 0 saturated carbocycles. The molecule has 1 unspecified atom stereocenters. The summed E-state index contributed by atoms with van der Waals surface area (Å²) in [5.41, 5.74) is 2.39. The van der Waals surface area contributed by atoms with Crippen molar-refractivity contribution in [3.8, 4) is 0 Å². The second-order valence-electron chi connectivity index (χ2n) is 3.91. The molecular weight excluding hydrogens is 238 g/mol. The van der Waals surface area contributed by atoms with E-state index < -0.39 is 24.0 Å². The first-order chi connectivity index (χ1) is 8.51. The largest absolute Gasteiger partial charge is 0.464 e. The summed E-state index contributed by atoms with van der Waals surface area (Å²) in [7, 11) is 0. The number of amides is 2. The maximum Gasteiger partial charge on any atom is 0.330 e. The van der Waals surface area contributed by atoms with Gasteiger partial charge in [0.2, 0.25) is 5.91 Å². The van der Waals surface area contributed by atoms with Gasteiger partial charge in [-0.1, -0.05) is 0 Å². The van der Waals surface area contributed by atoms with E-state index in [1.165, 1.54) is 6.92 Å². The Morgan fingerprint density at radius 3 is 2.89 bits per heavy atom. The molecule has 1 rings (SSSR count). The third-order valence-corrected chi connectivity index (χ3v) is 2.65. The minimum atomic E-state index is -0.885. The number of hydrogen-bond donors (Lipinski definition) is 1. The van der Waals surface area contributed by atoms with Crippen LogP contribution in [0.15, 0.2) is 4.99 Å². The third-order valence-electron chi connectivity index (χ3n) is 2.65. The molecule has 100 valence electrons. The van der Waals surface area contributed by atoms with E-state index in [1.54, 1.807) is 6.92 Å². The Morgan fingerprint density at radius 2 is 2.33 bits per heavy atom. The number of esters is 1. The van der Waals surface area contributed by atoms with E-state index in [2.05, 4.69) is 17.1 Å². The van der Waals surface area contributed by atoms with Crippen molar-refractivity contribution >= 4 is 24.5 Å². The SMILES string of the molecule is C=N[C@H]1CCC(=O)NN(C(C)C(=O)OCC)C1=O. The van der Waals surface area contributed by atoms with E-state index in [4.69, 9.17) is 4.74 Å². The van der Waals surface area contributed by atoms with Crippen LogP contribution in [-0.2, 0) is 19.1 Å². The molecule has 1 N–H and O–H groups in total.